The van der Waals surface area contributed by atoms with E-state index in [9.17, 15) is 19.8 Å². The molecule has 2 atom stereocenters. The standard InChI is InChI=1S/C17H19BrN2O5/c18-12-8-13(16(23)20-9-12)15(22)14(21)6-7-19-17(24)25-10-11-4-2-1-3-5-11/h1-5,8-9,14-15,21-22H,6-7,10H2,(H,19,24)(H,20,23). The largest absolute Gasteiger partial charge is 0.445 e. The molecule has 1 aromatic heterocycles. The Morgan fingerprint density at radius 2 is 2.00 bits per heavy atom. The van der Waals surface area contributed by atoms with Gasteiger partial charge in [0.05, 0.1) is 6.10 Å². The molecule has 0 aliphatic carbocycles. The van der Waals surface area contributed by atoms with E-state index in [1.165, 1.54) is 12.3 Å². The number of aliphatic hydroxyl groups is 2. The van der Waals surface area contributed by atoms with Gasteiger partial charge in [-0.05, 0) is 34.0 Å². The van der Waals surface area contributed by atoms with Crippen molar-refractivity contribution in [3.63, 3.8) is 0 Å². The highest BCUT2D eigenvalue weighted by atomic mass is 79.9. The molecule has 1 aromatic carbocycles. The van der Waals surface area contributed by atoms with E-state index in [-0.39, 0.29) is 25.1 Å². The van der Waals surface area contributed by atoms with Crippen LogP contribution in [0.5, 0.6) is 0 Å². The topological polar surface area (TPSA) is 112 Å². The molecule has 0 aliphatic rings. The van der Waals surface area contributed by atoms with E-state index >= 15 is 0 Å². The van der Waals surface area contributed by atoms with Gasteiger partial charge in [0.2, 0.25) is 0 Å². The zero-order valence-corrected chi connectivity index (χ0v) is 14.9. The molecular weight excluding hydrogens is 392 g/mol. The van der Waals surface area contributed by atoms with Gasteiger partial charge >= 0.3 is 6.09 Å². The second-order valence-electron chi connectivity index (χ2n) is 5.39. The Kier molecular flexibility index (Phi) is 7.17. The van der Waals surface area contributed by atoms with Gasteiger partial charge in [-0.3, -0.25) is 4.79 Å². The quantitative estimate of drug-likeness (QED) is 0.556. The molecule has 1 heterocycles. The molecule has 134 valence electrons. The molecule has 0 aliphatic heterocycles. The molecule has 2 rings (SSSR count). The highest BCUT2D eigenvalue weighted by molar-refractivity contribution is 9.10. The van der Waals surface area contributed by atoms with Crippen molar-refractivity contribution in [2.75, 3.05) is 6.54 Å². The van der Waals surface area contributed by atoms with Crippen LogP contribution in [0, 0.1) is 0 Å². The van der Waals surface area contributed by atoms with E-state index < -0.39 is 23.9 Å². The second-order valence-corrected chi connectivity index (χ2v) is 6.31. The number of benzene rings is 1. The zero-order chi connectivity index (χ0) is 18.2. The lowest BCUT2D eigenvalue weighted by atomic mass is 10.0. The predicted molar refractivity (Wildman–Crippen MR) is 95.0 cm³/mol. The summed E-state index contributed by atoms with van der Waals surface area (Å²) < 4.78 is 5.61. The number of alkyl carbamates (subject to hydrolysis) is 1. The number of H-pyrrole nitrogens is 1. The monoisotopic (exact) mass is 410 g/mol. The Bertz CT molecular complexity index is 750. The van der Waals surface area contributed by atoms with Crippen molar-refractivity contribution < 1.29 is 19.7 Å². The molecule has 7 nitrogen and oxygen atoms in total. The Labute approximate surface area is 152 Å². The summed E-state index contributed by atoms with van der Waals surface area (Å²) in [6.07, 6.45) is -1.68. The lowest BCUT2D eigenvalue weighted by Crippen LogP contribution is -2.31. The highest BCUT2D eigenvalue weighted by Gasteiger charge is 2.21. The molecule has 8 heteroatoms. The summed E-state index contributed by atoms with van der Waals surface area (Å²) in [6.45, 7) is 0.239. The Morgan fingerprint density at radius 3 is 2.72 bits per heavy atom. The first-order chi connectivity index (χ1) is 12.0. The van der Waals surface area contributed by atoms with Crippen LogP contribution < -0.4 is 10.9 Å². The minimum atomic E-state index is -1.36. The van der Waals surface area contributed by atoms with Crippen LogP contribution in [-0.2, 0) is 11.3 Å². The molecule has 0 saturated heterocycles. The van der Waals surface area contributed by atoms with Gasteiger partial charge in [-0.15, -0.1) is 0 Å². The third-order valence-electron chi connectivity index (χ3n) is 3.50. The molecule has 2 unspecified atom stereocenters. The van der Waals surface area contributed by atoms with Crippen LogP contribution in [-0.4, -0.2) is 33.9 Å². The van der Waals surface area contributed by atoms with Crippen LogP contribution in [0.15, 0.2) is 51.9 Å². The summed E-state index contributed by atoms with van der Waals surface area (Å²) >= 11 is 3.19. The van der Waals surface area contributed by atoms with Crippen molar-refractivity contribution in [1.29, 1.82) is 0 Å². The lowest BCUT2D eigenvalue weighted by molar-refractivity contribution is 0.0128. The van der Waals surface area contributed by atoms with Crippen LogP contribution in [0.1, 0.15) is 23.7 Å². The summed E-state index contributed by atoms with van der Waals surface area (Å²) in [4.78, 5) is 25.7. The molecule has 0 radical (unpaired) electrons. The average Bonchev–Trinajstić information content (AvgIpc) is 2.62. The Hall–Kier alpha value is -2.16. The Morgan fingerprint density at radius 1 is 1.28 bits per heavy atom. The minimum Gasteiger partial charge on any atom is -0.445 e. The van der Waals surface area contributed by atoms with Crippen molar-refractivity contribution in [3.8, 4) is 0 Å². The number of ether oxygens (including phenoxy) is 1. The van der Waals surface area contributed by atoms with E-state index in [1.807, 2.05) is 30.3 Å². The van der Waals surface area contributed by atoms with E-state index in [0.29, 0.717) is 4.47 Å². The van der Waals surface area contributed by atoms with Gasteiger partial charge in [0, 0.05) is 22.8 Å². The summed E-state index contributed by atoms with van der Waals surface area (Å²) in [6, 6.07) is 10.7. The summed E-state index contributed by atoms with van der Waals surface area (Å²) in [5.41, 5.74) is 0.431. The molecule has 1 amide bonds. The van der Waals surface area contributed by atoms with Crippen molar-refractivity contribution >= 4 is 22.0 Å². The summed E-state index contributed by atoms with van der Waals surface area (Å²) in [7, 11) is 0. The first kappa shape index (κ1) is 19.2. The Balaban J connectivity index is 1.75. The third kappa shape index (κ3) is 6.00. The smallest absolute Gasteiger partial charge is 0.407 e. The fourth-order valence-corrected chi connectivity index (χ4v) is 2.52. The van der Waals surface area contributed by atoms with E-state index in [1.54, 1.807) is 0 Å². The van der Waals surface area contributed by atoms with E-state index in [2.05, 4.69) is 26.2 Å². The SMILES string of the molecule is O=C(NCCC(O)C(O)c1cc(Br)c[nH]c1=O)OCc1ccccc1. The highest BCUT2D eigenvalue weighted by Crippen LogP contribution is 2.18. The number of carbonyl (C=O) groups excluding carboxylic acids is 1. The van der Waals surface area contributed by atoms with E-state index in [4.69, 9.17) is 4.74 Å². The number of aliphatic hydroxyl groups excluding tert-OH is 2. The van der Waals surface area contributed by atoms with Crippen LogP contribution in [0.4, 0.5) is 4.79 Å². The maximum Gasteiger partial charge on any atom is 0.407 e. The molecule has 0 fully saturated rings. The number of pyridine rings is 1. The zero-order valence-electron chi connectivity index (χ0n) is 13.3. The molecule has 0 spiro atoms. The first-order valence-corrected chi connectivity index (χ1v) is 8.45. The summed E-state index contributed by atoms with van der Waals surface area (Å²) in [5.74, 6) is 0. The van der Waals surface area contributed by atoms with Crippen LogP contribution in [0.2, 0.25) is 0 Å². The van der Waals surface area contributed by atoms with Gasteiger partial charge in [0.1, 0.15) is 12.7 Å². The maximum atomic E-state index is 11.7. The van der Waals surface area contributed by atoms with E-state index in [0.717, 1.165) is 5.56 Å². The average molecular weight is 411 g/mol. The van der Waals surface area contributed by atoms with Gasteiger partial charge in [0.25, 0.3) is 5.56 Å². The molecule has 0 saturated carbocycles. The summed E-state index contributed by atoms with van der Waals surface area (Å²) in [5, 5.41) is 22.6. The molecular formula is C17H19BrN2O5. The normalized spacial score (nSPS) is 13.1. The molecule has 0 bridgehead atoms. The molecule has 4 N–H and O–H groups in total. The fraction of sp³-hybridized carbons (Fsp3) is 0.294. The number of amides is 1. The first-order valence-electron chi connectivity index (χ1n) is 7.66. The number of nitrogens with one attached hydrogen (secondary N) is 2. The van der Waals surface area contributed by atoms with Crippen molar-refractivity contribution in [3.05, 3.63) is 68.5 Å². The fourth-order valence-electron chi connectivity index (χ4n) is 2.15. The van der Waals surface area contributed by atoms with Gasteiger partial charge in [-0.1, -0.05) is 30.3 Å². The lowest BCUT2D eigenvalue weighted by Gasteiger charge is -2.17. The number of aromatic amines is 1. The van der Waals surface area contributed by atoms with Crippen molar-refractivity contribution in [1.82, 2.24) is 10.3 Å². The van der Waals surface area contributed by atoms with Gasteiger partial charge in [0.15, 0.2) is 0 Å². The van der Waals surface area contributed by atoms with Gasteiger partial charge < -0.3 is 25.3 Å². The van der Waals surface area contributed by atoms with Crippen LogP contribution >= 0.6 is 15.9 Å². The molecule has 2 aromatic rings. The molecule has 25 heavy (non-hydrogen) atoms. The second kappa shape index (κ2) is 9.36. The number of aromatic nitrogens is 1. The van der Waals surface area contributed by atoms with Crippen molar-refractivity contribution in [2.24, 2.45) is 0 Å². The third-order valence-corrected chi connectivity index (χ3v) is 3.96. The van der Waals surface area contributed by atoms with Crippen LogP contribution in [0.3, 0.4) is 0 Å². The predicted octanol–water partition coefficient (Wildman–Crippen LogP) is 1.85. The number of carbonyl (C=O) groups is 1. The number of halogens is 1. The van der Waals surface area contributed by atoms with Gasteiger partial charge in [-0.25, -0.2) is 4.79 Å². The van der Waals surface area contributed by atoms with Crippen LogP contribution in [0.25, 0.3) is 0 Å². The number of hydrogen-bond acceptors (Lipinski definition) is 5. The number of hydrogen-bond donors (Lipinski definition) is 4. The minimum absolute atomic E-state index is 0.0496. The maximum absolute atomic E-state index is 11.7. The van der Waals surface area contributed by atoms with Crippen molar-refractivity contribution in [2.45, 2.75) is 25.2 Å². The number of rotatable bonds is 7. The van der Waals surface area contributed by atoms with Gasteiger partial charge in [-0.2, -0.15) is 0 Å².